The minimum atomic E-state index is -0.268. The van der Waals surface area contributed by atoms with Crippen molar-refractivity contribution in [3.63, 3.8) is 0 Å². The number of halogens is 1. The quantitative estimate of drug-likeness (QED) is 0.898. The van der Waals surface area contributed by atoms with Crippen molar-refractivity contribution in [2.45, 2.75) is 46.1 Å². The summed E-state index contributed by atoms with van der Waals surface area (Å²) in [6.07, 6.45) is 3.54. The highest BCUT2D eigenvalue weighted by molar-refractivity contribution is 5.55. The number of nitrogens with two attached hydrogens (primary N) is 1. The third kappa shape index (κ3) is 2.92. The SMILES string of the molecule is CCC1(C)CCN(c2cccc(F)c2C(C)N)CC1. The lowest BCUT2D eigenvalue weighted by Crippen LogP contribution is -2.39. The predicted molar refractivity (Wildman–Crippen MR) is 78.8 cm³/mol. The Kier molecular flexibility index (Phi) is 4.14. The molecule has 1 aromatic rings. The lowest BCUT2D eigenvalue weighted by molar-refractivity contribution is 0.238. The van der Waals surface area contributed by atoms with Gasteiger partial charge in [0.05, 0.1) is 0 Å². The summed E-state index contributed by atoms with van der Waals surface area (Å²) in [5.74, 6) is -0.184. The summed E-state index contributed by atoms with van der Waals surface area (Å²) < 4.78 is 14.0. The van der Waals surface area contributed by atoms with Crippen LogP contribution in [0.3, 0.4) is 0 Å². The molecule has 2 rings (SSSR count). The van der Waals surface area contributed by atoms with Gasteiger partial charge in [-0.05, 0) is 37.3 Å². The zero-order valence-corrected chi connectivity index (χ0v) is 12.2. The Hall–Kier alpha value is -1.09. The number of anilines is 1. The molecule has 106 valence electrons. The summed E-state index contributed by atoms with van der Waals surface area (Å²) in [5, 5.41) is 0. The zero-order chi connectivity index (χ0) is 14.0. The van der Waals surface area contributed by atoms with Crippen LogP contribution in [-0.4, -0.2) is 13.1 Å². The molecule has 0 bridgehead atoms. The number of benzene rings is 1. The van der Waals surface area contributed by atoms with Crippen molar-refractivity contribution >= 4 is 5.69 Å². The predicted octanol–water partition coefficient (Wildman–Crippen LogP) is 3.86. The van der Waals surface area contributed by atoms with Gasteiger partial charge in [0.25, 0.3) is 0 Å². The topological polar surface area (TPSA) is 29.3 Å². The van der Waals surface area contributed by atoms with Gasteiger partial charge in [-0.2, -0.15) is 0 Å². The van der Waals surface area contributed by atoms with Gasteiger partial charge in [0.2, 0.25) is 0 Å². The number of rotatable bonds is 3. The molecule has 1 heterocycles. The molecular formula is C16H25FN2. The van der Waals surface area contributed by atoms with E-state index in [9.17, 15) is 4.39 Å². The maximum atomic E-state index is 14.0. The largest absolute Gasteiger partial charge is 0.371 e. The molecule has 1 saturated heterocycles. The molecule has 0 amide bonds. The van der Waals surface area contributed by atoms with Crippen LogP contribution in [0.5, 0.6) is 0 Å². The van der Waals surface area contributed by atoms with Crippen molar-refractivity contribution in [1.29, 1.82) is 0 Å². The molecule has 0 aromatic heterocycles. The first-order valence-corrected chi connectivity index (χ1v) is 7.26. The molecule has 0 saturated carbocycles. The second-order valence-corrected chi connectivity index (χ2v) is 6.11. The number of hydrogen-bond acceptors (Lipinski definition) is 2. The van der Waals surface area contributed by atoms with Gasteiger partial charge in [0.15, 0.2) is 0 Å². The monoisotopic (exact) mass is 264 g/mol. The number of piperidine rings is 1. The van der Waals surface area contributed by atoms with Gasteiger partial charge in [-0.1, -0.05) is 26.3 Å². The van der Waals surface area contributed by atoms with E-state index in [1.165, 1.54) is 25.3 Å². The van der Waals surface area contributed by atoms with Crippen molar-refractivity contribution in [3.05, 3.63) is 29.6 Å². The first kappa shape index (κ1) is 14.3. The summed E-state index contributed by atoms with van der Waals surface area (Å²) in [6, 6.07) is 5.01. The van der Waals surface area contributed by atoms with E-state index in [-0.39, 0.29) is 11.9 Å². The van der Waals surface area contributed by atoms with Gasteiger partial charge >= 0.3 is 0 Å². The molecule has 1 fully saturated rings. The smallest absolute Gasteiger partial charge is 0.130 e. The van der Waals surface area contributed by atoms with Crippen LogP contribution in [0.25, 0.3) is 0 Å². The van der Waals surface area contributed by atoms with Gasteiger partial charge in [-0.3, -0.25) is 0 Å². The Morgan fingerprint density at radius 3 is 2.53 bits per heavy atom. The van der Waals surface area contributed by atoms with E-state index >= 15 is 0 Å². The minimum Gasteiger partial charge on any atom is -0.371 e. The molecule has 1 aliphatic heterocycles. The molecular weight excluding hydrogens is 239 g/mol. The summed E-state index contributed by atoms with van der Waals surface area (Å²) in [6.45, 7) is 8.44. The molecule has 1 unspecified atom stereocenters. The van der Waals surface area contributed by atoms with E-state index < -0.39 is 0 Å². The fraction of sp³-hybridized carbons (Fsp3) is 0.625. The van der Waals surface area contributed by atoms with Crippen LogP contribution >= 0.6 is 0 Å². The van der Waals surface area contributed by atoms with Crippen LogP contribution in [0.1, 0.15) is 51.6 Å². The van der Waals surface area contributed by atoms with Crippen molar-refractivity contribution in [3.8, 4) is 0 Å². The standard InChI is InChI=1S/C16H25FN2/c1-4-16(3)8-10-19(11-9-16)14-7-5-6-13(17)15(14)12(2)18/h5-7,12H,4,8-11,18H2,1-3H3. The first-order chi connectivity index (χ1) is 8.97. The van der Waals surface area contributed by atoms with Gasteiger partial charge in [0, 0.05) is 30.4 Å². The summed E-state index contributed by atoms with van der Waals surface area (Å²) in [5.41, 5.74) is 8.01. The van der Waals surface area contributed by atoms with Crippen LogP contribution in [0, 0.1) is 11.2 Å². The maximum Gasteiger partial charge on any atom is 0.130 e. The maximum absolute atomic E-state index is 14.0. The van der Waals surface area contributed by atoms with Crippen molar-refractivity contribution in [2.75, 3.05) is 18.0 Å². The lowest BCUT2D eigenvalue weighted by Gasteiger charge is -2.41. The Balaban J connectivity index is 2.22. The highest BCUT2D eigenvalue weighted by Crippen LogP contribution is 2.37. The molecule has 2 N–H and O–H groups in total. The third-order valence-corrected chi connectivity index (χ3v) is 4.65. The molecule has 19 heavy (non-hydrogen) atoms. The molecule has 0 aliphatic carbocycles. The fourth-order valence-electron chi connectivity index (χ4n) is 2.89. The molecule has 0 radical (unpaired) electrons. The van der Waals surface area contributed by atoms with Gasteiger partial charge in [-0.25, -0.2) is 4.39 Å². The van der Waals surface area contributed by atoms with Crippen LogP contribution in [0.15, 0.2) is 18.2 Å². The van der Waals surface area contributed by atoms with Crippen LogP contribution < -0.4 is 10.6 Å². The number of nitrogens with zero attached hydrogens (tertiary/aromatic N) is 1. The molecule has 3 heteroatoms. The Labute approximate surface area is 115 Å². The second-order valence-electron chi connectivity index (χ2n) is 6.11. The van der Waals surface area contributed by atoms with E-state index in [1.807, 2.05) is 13.0 Å². The summed E-state index contributed by atoms with van der Waals surface area (Å²) in [7, 11) is 0. The molecule has 2 nitrogen and oxygen atoms in total. The van der Waals surface area contributed by atoms with E-state index in [0.29, 0.717) is 11.0 Å². The van der Waals surface area contributed by atoms with Gasteiger partial charge < -0.3 is 10.6 Å². The average Bonchev–Trinajstić information content (AvgIpc) is 2.39. The lowest BCUT2D eigenvalue weighted by atomic mass is 9.78. The zero-order valence-electron chi connectivity index (χ0n) is 12.2. The Morgan fingerprint density at radius 1 is 1.37 bits per heavy atom. The minimum absolute atomic E-state index is 0.184. The van der Waals surface area contributed by atoms with Gasteiger partial charge in [0.1, 0.15) is 5.82 Å². The van der Waals surface area contributed by atoms with Gasteiger partial charge in [-0.15, -0.1) is 0 Å². The van der Waals surface area contributed by atoms with E-state index in [2.05, 4.69) is 18.7 Å². The Bertz CT molecular complexity index is 434. The highest BCUT2D eigenvalue weighted by atomic mass is 19.1. The molecule has 1 aromatic carbocycles. The van der Waals surface area contributed by atoms with E-state index in [0.717, 1.165) is 18.8 Å². The van der Waals surface area contributed by atoms with Crippen LogP contribution in [0.2, 0.25) is 0 Å². The van der Waals surface area contributed by atoms with Crippen molar-refractivity contribution in [2.24, 2.45) is 11.1 Å². The van der Waals surface area contributed by atoms with Crippen molar-refractivity contribution in [1.82, 2.24) is 0 Å². The third-order valence-electron chi connectivity index (χ3n) is 4.65. The number of hydrogen-bond donors (Lipinski definition) is 1. The first-order valence-electron chi connectivity index (χ1n) is 7.26. The summed E-state index contributed by atoms with van der Waals surface area (Å²) in [4.78, 5) is 2.29. The van der Waals surface area contributed by atoms with Crippen LogP contribution in [0.4, 0.5) is 10.1 Å². The Morgan fingerprint density at radius 2 is 2.00 bits per heavy atom. The van der Waals surface area contributed by atoms with E-state index in [4.69, 9.17) is 5.73 Å². The van der Waals surface area contributed by atoms with Crippen LogP contribution in [-0.2, 0) is 0 Å². The second kappa shape index (κ2) is 5.49. The molecule has 1 atom stereocenters. The highest BCUT2D eigenvalue weighted by Gasteiger charge is 2.29. The fourth-order valence-corrected chi connectivity index (χ4v) is 2.89. The normalized spacial score (nSPS) is 20.4. The molecule has 1 aliphatic rings. The van der Waals surface area contributed by atoms with Crippen molar-refractivity contribution < 1.29 is 4.39 Å². The van der Waals surface area contributed by atoms with E-state index in [1.54, 1.807) is 6.07 Å². The average molecular weight is 264 g/mol. The summed E-state index contributed by atoms with van der Waals surface area (Å²) >= 11 is 0. The molecule has 0 spiro atoms.